The molecule has 1 aromatic heterocycles. The number of carbonyl (C=O) groups excluding carboxylic acids is 2. The van der Waals surface area contributed by atoms with Gasteiger partial charge in [0.25, 0.3) is 11.8 Å². The van der Waals surface area contributed by atoms with E-state index < -0.39 is 0 Å². The maximum atomic E-state index is 12.3. The van der Waals surface area contributed by atoms with Crippen molar-refractivity contribution >= 4 is 12.0 Å². The van der Waals surface area contributed by atoms with Crippen LogP contribution in [0.1, 0.15) is 35.9 Å². The van der Waals surface area contributed by atoms with Gasteiger partial charge in [0.1, 0.15) is 6.61 Å². The minimum Gasteiger partial charge on any atom is -0.471 e. The largest absolute Gasteiger partial charge is 0.471 e. The molecule has 2 aromatic rings. The van der Waals surface area contributed by atoms with Crippen LogP contribution in [0.5, 0.6) is 5.88 Å². The van der Waals surface area contributed by atoms with Crippen LogP contribution in [0.15, 0.2) is 40.9 Å². The first-order chi connectivity index (χ1) is 13.2. The van der Waals surface area contributed by atoms with Gasteiger partial charge in [-0.2, -0.15) is 0 Å². The van der Waals surface area contributed by atoms with Gasteiger partial charge < -0.3 is 24.2 Å². The highest BCUT2D eigenvalue weighted by atomic mass is 16.6. The molecule has 0 spiro atoms. The van der Waals surface area contributed by atoms with Crippen LogP contribution in [0, 0.1) is 0 Å². The molecule has 8 nitrogen and oxygen atoms in total. The highest BCUT2D eigenvalue weighted by Gasteiger charge is 2.26. The number of hydrogen-bond donors (Lipinski definition) is 1. The molecule has 1 aliphatic rings. The molecule has 1 N–H and O–H groups in total. The number of amides is 2. The number of benzene rings is 1. The predicted octanol–water partition coefficient (Wildman–Crippen LogP) is 2.60. The van der Waals surface area contributed by atoms with Gasteiger partial charge in [-0.25, -0.2) is 4.79 Å². The van der Waals surface area contributed by atoms with Crippen molar-refractivity contribution in [1.29, 1.82) is 0 Å². The SMILES string of the molecule is CCOC(=O)N1CCC(NC(=O)c2cc(OCc3ccccc3)no2)CC1. The van der Waals surface area contributed by atoms with Crippen LogP contribution in [-0.2, 0) is 11.3 Å². The van der Waals surface area contributed by atoms with Crippen molar-refractivity contribution in [3.8, 4) is 5.88 Å². The van der Waals surface area contributed by atoms with Gasteiger partial charge in [-0.15, -0.1) is 0 Å². The van der Waals surface area contributed by atoms with E-state index in [1.165, 1.54) is 6.07 Å². The van der Waals surface area contributed by atoms with Crippen LogP contribution in [0.2, 0.25) is 0 Å². The van der Waals surface area contributed by atoms with Crippen molar-refractivity contribution in [3.63, 3.8) is 0 Å². The Hall–Kier alpha value is -3.03. The first-order valence-electron chi connectivity index (χ1n) is 9.01. The second kappa shape index (κ2) is 9.07. The third-order valence-corrected chi connectivity index (χ3v) is 4.30. The van der Waals surface area contributed by atoms with Crippen molar-refractivity contribution in [2.24, 2.45) is 0 Å². The highest BCUT2D eigenvalue weighted by Crippen LogP contribution is 2.16. The number of carbonyl (C=O) groups is 2. The third-order valence-electron chi connectivity index (χ3n) is 4.30. The molecule has 2 heterocycles. The van der Waals surface area contributed by atoms with E-state index in [4.69, 9.17) is 14.0 Å². The number of piperidine rings is 1. The number of likely N-dealkylation sites (tertiary alicyclic amines) is 1. The van der Waals surface area contributed by atoms with E-state index in [0.29, 0.717) is 39.1 Å². The summed E-state index contributed by atoms with van der Waals surface area (Å²) in [4.78, 5) is 25.7. The van der Waals surface area contributed by atoms with E-state index in [-0.39, 0.29) is 29.7 Å². The normalized spacial score (nSPS) is 14.6. The van der Waals surface area contributed by atoms with E-state index in [9.17, 15) is 9.59 Å². The molecule has 2 amide bonds. The molecule has 27 heavy (non-hydrogen) atoms. The van der Waals surface area contributed by atoms with Gasteiger partial charge in [-0.05, 0) is 30.5 Å². The summed E-state index contributed by atoms with van der Waals surface area (Å²) in [5.74, 6) is 0.0265. The fourth-order valence-corrected chi connectivity index (χ4v) is 2.84. The van der Waals surface area contributed by atoms with Gasteiger partial charge in [0.05, 0.1) is 12.7 Å². The summed E-state index contributed by atoms with van der Waals surface area (Å²) < 4.78 is 15.6. The molecule has 1 saturated heterocycles. The van der Waals surface area contributed by atoms with Gasteiger partial charge in [-0.1, -0.05) is 30.3 Å². The summed E-state index contributed by atoms with van der Waals surface area (Å²) in [6, 6.07) is 11.1. The zero-order valence-electron chi connectivity index (χ0n) is 15.2. The lowest BCUT2D eigenvalue weighted by Crippen LogP contribution is -2.46. The number of rotatable bonds is 6. The second-order valence-corrected chi connectivity index (χ2v) is 6.24. The molecule has 0 unspecified atom stereocenters. The summed E-state index contributed by atoms with van der Waals surface area (Å²) in [6.45, 7) is 3.58. The predicted molar refractivity (Wildman–Crippen MR) is 96.4 cm³/mol. The highest BCUT2D eigenvalue weighted by molar-refractivity contribution is 5.91. The summed E-state index contributed by atoms with van der Waals surface area (Å²) in [5, 5.41) is 6.68. The minimum absolute atomic E-state index is 0.0260. The van der Waals surface area contributed by atoms with Crippen molar-refractivity contribution in [2.45, 2.75) is 32.4 Å². The Kier molecular flexibility index (Phi) is 6.30. The number of aromatic nitrogens is 1. The van der Waals surface area contributed by atoms with Crippen molar-refractivity contribution in [3.05, 3.63) is 47.7 Å². The van der Waals surface area contributed by atoms with Gasteiger partial charge in [0.2, 0.25) is 5.76 Å². The second-order valence-electron chi connectivity index (χ2n) is 6.24. The zero-order chi connectivity index (χ0) is 19.1. The summed E-state index contributed by atoms with van der Waals surface area (Å²) in [7, 11) is 0. The van der Waals surface area contributed by atoms with Crippen molar-refractivity contribution in [2.75, 3.05) is 19.7 Å². The molecule has 1 aromatic carbocycles. The van der Waals surface area contributed by atoms with Gasteiger partial charge >= 0.3 is 6.09 Å². The fraction of sp³-hybridized carbons (Fsp3) is 0.421. The Morgan fingerprint density at radius 3 is 2.70 bits per heavy atom. The first kappa shape index (κ1) is 18.8. The van der Waals surface area contributed by atoms with Crippen LogP contribution < -0.4 is 10.1 Å². The Morgan fingerprint density at radius 1 is 1.26 bits per heavy atom. The fourth-order valence-electron chi connectivity index (χ4n) is 2.84. The number of hydrogen-bond acceptors (Lipinski definition) is 6. The van der Waals surface area contributed by atoms with Gasteiger partial charge in [0.15, 0.2) is 0 Å². The quantitative estimate of drug-likeness (QED) is 0.836. The smallest absolute Gasteiger partial charge is 0.409 e. The molecular formula is C19H23N3O5. The molecule has 0 radical (unpaired) electrons. The lowest BCUT2D eigenvalue weighted by Gasteiger charge is -2.31. The zero-order valence-corrected chi connectivity index (χ0v) is 15.2. The lowest BCUT2D eigenvalue weighted by molar-refractivity contribution is 0.0834. The molecule has 144 valence electrons. The first-order valence-corrected chi connectivity index (χ1v) is 9.01. The van der Waals surface area contributed by atoms with Crippen LogP contribution >= 0.6 is 0 Å². The third kappa shape index (κ3) is 5.22. The molecule has 3 rings (SSSR count). The van der Waals surface area contributed by atoms with Crippen LogP contribution in [0.25, 0.3) is 0 Å². The van der Waals surface area contributed by atoms with Crippen LogP contribution in [0.4, 0.5) is 4.79 Å². The van der Waals surface area contributed by atoms with E-state index in [1.54, 1.807) is 11.8 Å². The van der Waals surface area contributed by atoms with Crippen LogP contribution in [0.3, 0.4) is 0 Å². The lowest BCUT2D eigenvalue weighted by atomic mass is 10.1. The van der Waals surface area contributed by atoms with Gasteiger partial charge in [0, 0.05) is 19.1 Å². The Labute approximate surface area is 157 Å². The summed E-state index contributed by atoms with van der Waals surface area (Å²) in [5.41, 5.74) is 1.000. The Balaban J connectivity index is 1.45. The Morgan fingerprint density at radius 2 is 2.00 bits per heavy atom. The summed E-state index contributed by atoms with van der Waals surface area (Å²) in [6.07, 6.45) is 1.02. The molecule has 0 bridgehead atoms. The Bertz CT molecular complexity index is 754. The molecule has 1 aliphatic heterocycles. The van der Waals surface area contributed by atoms with Crippen molar-refractivity contribution < 1.29 is 23.6 Å². The molecular weight excluding hydrogens is 350 g/mol. The summed E-state index contributed by atoms with van der Waals surface area (Å²) >= 11 is 0. The monoisotopic (exact) mass is 373 g/mol. The topological polar surface area (TPSA) is 93.9 Å². The number of nitrogens with zero attached hydrogens (tertiary/aromatic N) is 2. The van der Waals surface area contributed by atoms with E-state index >= 15 is 0 Å². The standard InChI is InChI=1S/C19H23N3O5/c1-2-25-19(24)22-10-8-15(9-11-22)20-18(23)16-12-17(21-27-16)26-13-14-6-4-3-5-7-14/h3-7,12,15H,2,8-11,13H2,1H3,(H,20,23). The van der Waals surface area contributed by atoms with E-state index in [0.717, 1.165) is 5.56 Å². The van der Waals surface area contributed by atoms with Gasteiger partial charge in [-0.3, -0.25) is 4.79 Å². The number of ether oxygens (including phenoxy) is 2. The number of nitrogens with one attached hydrogen (secondary N) is 1. The van der Waals surface area contributed by atoms with Crippen LogP contribution in [-0.4, -0.2) is 47.8 Å². The molecule has 0 saturated carbocycles. The van der Waals surface area contributed by atoms with E-state index in [1.807, 2.05) is 30.3 Å². The maximum Gasteiger partial charge on any atom is 0.409 e. The minimum atomic E-state index is -0.341. The molecule has 8 heteroatoms. The molecule has 0 atom stereocenters. The average Bonchev–Trinajstić information content (AvgIpc) is 3.17. The maximum absolute atomic E-state index is 12.3. The molecule has 0 aliphatic carbocycles. The van der Waals surface area contributed by atoms with Crippen molar-refractivity contribution in [1.82, 2.24) is 15.4 Å². The molecule has 1 fully saturated rings. The van der Waals surface area contributed by atoms with E-state index in [2.05, 4.69) is 10.5 Å². The average molecular weight is 373 g/mol.